The topological polar surface area (TPSA) is 89.0 Å². The highest BCUT2D eigenvalue weighted by atomic mass is 32.1. The van der Waals surface area contributed by atoms with Gasteiger partial charge in [-0.25, -0.2) is 9.78 Å². The summed E-state index contributed by atoms with van der Waals surface area (Å²) < 4.78 is 6.21. The van der Waals surface area contributed by atoms with Crippen molar-refractivity contribution in [2.24, 2.45) is 0 Å². The Morgan fingerprint density at radius 2 is 1.92 bits per heavy atom. The number of rotatable bonds is 4. The zero-order valence-corrected chi connectivity index (χ0v) is 15.2. The Kier molecular flexibility index (Phi) is 4.46. The lowest BCUT2D eigenvalue weighted by atomic mass is 10.2. The number of thiazole rings is 1. The molecule has 0 aliphatic rings. The number of aromatic nitrogens is 3. The van der Waals surface area contributed by atoms with E-state index in [1.807, 2.05) is 42.5 Å². The van der Waals surface area contributed by atoms with Crippen molar-refractivity contribution in [2.45, 2.75) is 0 Å². The largest absolute Gasteiger partial charge is 0.497 e. The van der Waals surface area contributed by atoms with Crippen LogP contribution < -0.4 is 15.4 Å². The van der Waals surface area contributed by atoms with Gasteiger partial charge in [-0.2, -0.15) is 0 Å². The van der Waals surface area contributed by atoms with Crippen LogP contribution in [0.25, 0.3) is 20.8 Å². The van der Waals surface area contributed by atoms with Crippen molar-refractivity contribution >= 4 is 49.7 Å². The zero-order valence-electron chi connectivity index (χ0n) is 13.6. The molecule has 4 aromatic rings. The highest BCUT2D eigenvalue weighted by Gasteiger charge is 2.10. The van der Waals surface area contributed by atoms with Gasteiger partial charge in [0, 0.05) is 11.3 Å². The number of hydrogen-bond acceptors (Lipinski definition) is 7. The smallest absolute Gasteiger partial charge is 0.325 e. The first kappa shape index (κ1) is 16.4. The summed E-state index contributed by atoms with van der Waals surface area (Å²) in [4.78, 5) is 16.4. The molecule has 2 amide bonds. The van der Waals surface area contributed by atoms with E-state index >= 15 is 0 Å². The summed E-state index contributed by atoms with van der Waals surface area (Å²) in [6, 6.07) is 12.7. The number of anilines is 2. The van der Waals surface area contributed by atoms with Crippen LogP contribution in [-0.2, 0) is 0 Å². The maximum Gasteiger partial charge on any atom is 0.325 e. The monoisotopic (exact) mass is 383 g/mol. The third kappa shape index (κ3) is 3.48. The molecule has 0 unspecified atom stereocenters. The van der Waals surface area contributed by atoms with Crippen LogP contribution >= 0.6 is 22.7 Å². The summed E-state index contributed by atoms with van der Waals surface area (Å²) in [5.74, 6) is 0.771. The average molecular weight is 383 g/mol. The number of nitrogens with zero attached hydrogens (tertiary/aromatic N) is 3. The average Bonchev–Trinajstić information content (AvgIpc) is 3.30. The minimum Gasteiger partial charge on any atom is -0.497 e. The van der Waals surface area contributed by atoms with E-state index in [1.165, 1.54) is 11.3 Å². The Bertz CT molecular complexity index is 1060. The van der Waals surface area contributed by atoms with E-state index in [9.17, 15) is 4.79 Å². The Labute approximate surface area is 156 Å². The van der Waals surface area contributed by atoms with Crippen molar-refractivity contribution in [1.29, 1.82) is 0 Å². The third-order valence-corrected chi connectivity index (χ3v) is 5.27. The SMILES string of the molecule is COc1ccc(-c2nnc(NC(=O)Nc3ccc4scnc4c3)s2)cc1. The number of fused-ring (bicyclic) bond motifs is 1. The lowest BCUT2D eigenvalue weighted by Crippen LogP contribution is -2.19. The molecule has 26 heavy (non-hydrogen) atoms. The standard InChI is InChI=1S/C17H13N5O2S2/c1-24-12-5-2-10(3-6-12)15-21-22-17(26-15)20-16(23)19-11-4-7-14-13(8-11)18-9-25-14/h2-9H,1H3,(H2,19,20,22,23). The Morgan fingerprint density at radius 1 is 1.08 bits per heavy atom. The molecule has 4 rings (SSSR count). The number of nitrogens with one attached hydrogen (secondary N) is 2. The minimum absolute atomic E-state index is 0.378. The number of benzene rings is 2. The molecule has 9 heteroatoms. The number of amides is 2. The fraction of sp³-hybridized carbons (Fsp3) is 0.0588. The summed E-state index contributed by atoms with van der Waals surface area (Å²) in [5.41, 5.74) is 4.20. The summed E-state index contributed by atoms with van der Waals surface area (Å²) in [7, 11) is 1.62. The maximum absolute atomic E-state index is 12.2. The normalized spacial score (nSPS) is 10.7. The second-order valence-electron chi connectivity index (χ2n) is 5.25. The van der Waals surface area contributed by atoms with Crippen LogP contribution in [0.2, 0.25) is 0 Å². The van der Waals surface area contributed by atoms with Gasteiger partial charge in [0.15, 0.2) is 0 Å². The molecule has 0 saturated heterocycles. The number of carbonyl (C=O) groups excluding carboxylic acids is 1. The van der Waals surface area contributed by atoms with Gasteiger partial charge in [-0.3, -0.25) is 5.32 Å². The van der Waals surface area contributed by atoms with Gasteiger partial charge in [0.25, 0.3) is 0 Å². The number of ether oxygens (including phenoxy) is 1. The lowest BCUT2D eigenvalue weighted by molar-refractivity contribution is 0.262. The van der Waals surface area contributed by atoms with Crippen LogP contribution in [0.15, 0.2) is 48.0 Å². The molecular formula is C17H13N5O2S2. The second-order valence-corrected chi connectivity index (χ2v) is 7.12. The Hall–Kier alpha value is -3.04. The second kappa shape index (κ2) is 7.06. The van der Waals surface area contributed by atoms with Gasteiger partial charge in [0.05, 0.1) is 22.8 Å². The molecule has 0 spiro atoms. The number of hydrogen-bond donors (Lipinski definition) is 2. The van der Waals surface area contributed by atoms with Crippen molar-refractivity contribution in [2.75, 3.05) is 17.7 Å². The molecule has 0 aliphatic carbocycles. The molecule has 130 valence electrons. The third-order valence-electron chi connectivity index (χ3n) is 3.57. The zero-order chi connectivity index (χ0) is 17.9. The van der Waals surface area contributed by atoms with Crippen molar-refractivity contribution in [3.63, 3.8) is 0 Å². The van der Waals surface area contributed by atoms with Crippen LogP contribution in [-0.4, -0.2) is 28.3 Å². The molecule has 0 fully saturated rings. The molecule has 2 N–H and O–H groups in total. The molecule has 7 nitrogen and oxygen atoms in total. The van der Waals surface area contributed by atoms with Gasteiger partial charge < -0.3 is 10.1 Å². The first-order valence-corrected chi connectivity index (χ1v) is 9.30. The van der Waals surface area contributed by atoms with E-state index in [0.717, 1.165) is 21.5 Å². The molecule has 0 radical (unpaired) electrons. The predicted octanol–water partition coefficient (Wildman–Crippen LogP) is 4.47. The molecule has 0 atom stereocenters. The van der Waals surface area contributed by atoms with E-state index in [0.29, 0.717) is 15.8 Å². The number of carbonyl (C=O) groups is 1. The fourth-order valence-electron chi connectivity index (χ4n) is 2.32. The van der Waals surface area contributed by atoms with E-state index in [-0.39, 0.29) is 6.03 Å². The van der Waals surface area contributed by atoms with E-state index in [1.54, 1.807) is 24.0 Å². The molecule has 2 aromatic carbocycles. The van der Waals surface area contributed by atoms with Gasteiger partial charge in [-0.15, -0.1) is 21.5 Å². The highest BCUT2D eigenvalue weighted by molar-refractivity contribution is 7.18. The van der Waals surface area contributed by atoms with E-state index in [2.05, 4.69) is 25.8 Å². The van der Waals surface area contributed by atoms with Crippen LogP contribution in [0.1, 0.15) is 0 Å². The molecule has 2 heterocycles. The van der Waals surface area contributed by atoms with Gasteiger partial charge in [-0.1, -0.05) is 11.3 Å². The van der Waals surface area contributed by atoms with Gasteiger partial charge in [0.2, 0.25) is 5.13 Å². The van der Waals surface area contributed by atoms with E-state index in [4.69, 9.17) is 4.74 Å². The lowest BCUT2D eigenvalue weighted by Gasteiger charge is -2.04. The number of methoxy groups -OCH3 is 1. The van der Waals surface area contributed by atoms with Crippen LogP contribution in [0, 0.1) is 0 Å². The molecule has 2 aromatic heterocycles. The quantitative estimate of drug-likeness (QED) is 0.543. The van der Waals surface area contributed by atoms with Crippen LogP contribution in [0.5, 0.6) is 5.75 Å². The molecule has 0 bridgehead atoms. The molecule has 0 saturated carbocycles. The molecule has 0 aliphatic heterocycles. The van der Waals surface area contributed by atoms with Crippen molar-refractivity contribution in [3.8, 4) is 16.3 Å². The Balaban J connectivity index is 1.43. The predicted molar refractivity (Wildman–Crippen MR) is 104 cm³/mol. The summed E-state index contributed by atoms with van der Waals surface area (Å²) >= 11 is 2.85. The summed E-state index contributed by atoms with van der Waals surface area (Å²) in [6.07, 6.45) is 0. The van der Waals surface area contributed by atoms with Gasteiger partial charge >= 0.3 is 6.03 Å². The minimum atomic E-state index is -0.378. The van der Waals surface area contributed by atoms with E-state index < -0.39 is 0 Å². The van der Waals surface area contributed by atoms with Crippen LogP contribution in [0.4, 0.5) is 15.6 Å². The first-order valence-electron chi connectivity index (χ1n) is 7.60. The van der Waals surface area contributed by atoms with Gasteiger partial charge in [0.1, 0.15) is 10.8 Å². The van der Waals surface area contributed by atoms with Crippen LogP contribution in [0.3, 0.4) is 0 Å². The van der Waals surface area contributed by atoms with Crippen molar-refractivity contribution in [1.82, 2.24) is 15.2 Å². The van der Waals surface area contributed by atoms with Crippen molar-refractivity contribution in [3.05, 3.63) is 48.0 Å². The molecular weight excluding hydrogens is 370 g/mol. The summed E-state index contributed by atoms with van der Waals surface area (Å²) in [5, 5.41) is 14.7. The fourth-order valence-corrected chi connectivity index (χ4v) is 3.72. The Morgan fingerprint density at radius 3 is 2.73 bits per heavy atom. The van der Waals surface area contributed by atoms with Gasteiger partial charge in [-0.05, 0) is 42.5 Å². The van der Waals surface area contributed by atoms with Crippen molar-refractivity contribution < 1.29 is 9.53 Å². The summed E-state index contributed by atoms with van der Waals surface area (Å²) in [6.45, 7) is 0. The highest BCUT2D eigenvalue weighted by Crippen LogP contribution is 2.28. The maximum atomic E-state index is 12.2. The first-order chi connectivity index (χ1) is 12.7. The number of urea groups is 1.